The van der Waals surface area contributed by atoms with Gasteiger partial charge in [-0.1, -0.05) is 35.9 Å². The van der Waals surface area contributed by atoms with Crippen LogP contribution in [0.5, 0.6) is 0 Å². The first kappa shape index (κ1) is 16.0. The van der Waals surface area contributed by atoms with Crippen molar-refractivity contribution >= 4 is 29.1 Å². The second kappa shape index (κ2) is 7.61. The van der Waals surface area contributed by atoms with Crippen LogP contribution in [0.2, 0.25) is 5.02 Å². The van der Waals surface area contributed by atoms with Gasteiger partial charge in [-0.2, -0.15) is 0 Å². The highest BCUT2D eigenvalue weighted by atomic mass is 35.5. The Hall–Kier alpha value is -2.33. The summed E-state index contributed by atoms with van der Waals surface area (Å²) in [5.41, 5.74) is 1.96. The summed E-state index contributed by atoms with van der Waals surface area (Å²) in [6, 6.07) is 14.3. The average Bonchev–Trinajstić information content (AvgIpc) is 2.53. The van der Waals surface area contributed by atoms with E-state index in [4.69, 9.17) is 11.6 Å². The van der Waals surface area contributed by atoms with Crippen molar-refractivity contribution in [3.8, 4) is 0 Å². The van der Waals surface area contributed by atoms with E-state index < -0.39 is 0 Å². The zero-order valence-electron chi connectivity index (χ0n) is 12.2. The lowest BCUT2D eigenvalue weighted by Gasteiger charge is -2.10. The van der Waals surface area contributed by atoms with E-state index in [1.807, 2.05) is 18.2 Å². The van der Waals surface area contributed by atoms with Crippen molar-refractivity contribution in [3.63, 3.8) is 0 Å². The molecule has 2 aromatic rings. The molecule has 0 aliphatic heterocycles. The van der Waals surface area contributed by atoms with Crippen LogP contribution in [0, 0.1) is 0 Å². The molecular weight excluding hydrogens is 300 g/mol. The molecule has 0 aromatic heterocycles. The Morgan fingerprint density at radius 1 is 1.09 bits per heavy atom. The number of aryl methyl sites for hydroxylation is 1. The van der Waals surface area contributed by atoms with Gasteiger partial charge in [-0.15, -0.1) is 0 Å². The minimum absolute atomic E-state index is 0.142. The SMILES string of the molecule is CNC(=O)c1ccccc1NC(=O)CCc1cccc(Cl)c1. The Labute approximate surface area is 134 Å². The summed E-state index contributed by atoms with van der Waals surface area (Å²) in [4.78, 5) is 23.8. The maximum atomic E-state index is 12.1. The number of carbonyl (C=O) groups excluding carboxylic acids is 2. The number of hydrogen-bond donors (Lipinski definition) is 2. The standard InChI is InChI=1S/C17H17ClN2O2/c1-19-17(22)14-7-2-3-8-15(14)20-16(21)10-9-12-5-4-6-13(18)11-12/h2-8,11H,9-10H2,1H3,(H,19,22)(H,20,21). The molecule has 2 rings (SSSR count). The van der Waals surface area contributed by atoms with Gasteiger partial charge < -0.3 is 10.6 Å². The van der Waals surface area contributed by atoms with Gasteiger partial charge in [0.1, 0.15) is 0 Å². The minimum atomic E-state index is -0.231. The molecular formula is C17H17ClN2O2. The molecule has 0 saturated carbocycles. The lowest BCUT2D eigenvalue weighted by Crippen LogP contribution is -2.21. The van der Waals surface area contributed by atoms with E-state index in [0.29, 0.717) is 29.1 Å². The van der Waals surface area contributed by atoms with E-state index >= 15 is 0 Å². The van der Waals surface area contributed by atoms with Gasteiger partial charge in [0.2, 0.25) is 5.91 Å². The van der Waals surface area contributed by atoms with Crippen LogP contribution in [-0.4, -0.2) is 18.9 Å². The fourth-order valence-corrected chi connectivity index (χ4v) is 2.30. The molecule has 2 aromatic carbocycles. The van der Waals surface area contributed by atoms with Crippen molar-refractivity contribution in [2.24, 2.45) is 0 Å². The number of halogens is 1. The lowest BCUT2D eigenvalue weighted by molar-refractivity contribution is -0.116. The first-order valence-corrected chi connectivity index (χ1v) is 7.33. The molecule has 22 heavy (non-hydrogen) atoms. The summed E-state index contributed by atoms with van der Waals surface area (Å²) in [6.07, 6.45) is 0.914. The summed E-state index contributed by atoms with van der Waals surface area (Å²) < 4.78 is 0. The number of hydrogen-bond acceptors (Lipinski definition) is 2. The first-order chi connectivity index (χ1) is 10.6. The third-order valence-corrected chi connectivity index (χ3v) is 3.44. The van der Waals surface area contributed by atoms with Gasteiger partial charge in [0, 0.05) is 18.5 Å². The van der Waals surface area contributed by atoms with Crippen LogP contribution in [0.3, 0.4) is 0 Å². The molecule has 0 aliphatic carbocycles. The largest absolute Gasteiger partial charge is 0.355 e. The molecule has 0 atom stereocenters. The van der Waals surface area contributed by atoms with E-state index in [1.54, 1.807) is 37.4 Å². The van der Waals surface area contributed by atoms with E-state index in [0.717, 1.165) is 5.56 Å². The summed E-state index contributed by atoms with van der Waals surface area (Å²) >= 11 is 5.92. The van der Waals surface area contributed by atoms with E-state index in [-0.39, 0.29) is 11.8 Å². The first-order valence-electron chi connectivity index (χ1n) is 6.95. The highest BCUT2D eigenvalue weighted by molar-refractivity contribution is 6.30. The Morgan fingerprint density at radius 2 is 1.86 bits per heavy atom. The normalized spacial score (nSPS) is 10.1. The Kier molecular flexibility index (Phi) is 5.55. The number of carbonyl (C=O) groups is 2. The summed E-state index contributed by atoms with van der Waals surface area (Å²) in [5.74, 6) is -0.373. The molecule has 0 fully saturated rings. The van der Waals surface area contributed by atoms with Gasteiger partial charge in [0.25, 0.3) is 5.91 Å². The van der Waals surface area contributed by atoms with Gasteiger partial charge >= 0.3 is 0 Å². The molecule has 2 amide bonds. The van der Waals surface area contributed by atoms with Crippen LogP contribution < -0.4 is 10.6 Å². The Morgan fingerprint density at radius 3 is 2.59 bits per heavy atom. The molecule has 0 unspecified atom stereocenters. The lowest BCUT2D eigenvalue weighted by atomic mass is 10.1. The Balaban J connectivity index is 1.99. The van der Waals surface area contributed by atoms with Crippen molar-refractivity contribution in [2.45, 2.75) is 12.8 Å². The molecule has 4 nitrogen and oxygen atoms in total. The summed E-state index contributed by atoms with van der Waals surface area (Å²) in [6.45, 7) is 0. The molecule has 0 saturated heterocycles. The molecule has 0 bridgehead atoms. The maximum absolute atomic E-state index is 12.1. The predicted molar refractivity (Wildman–Crippen MR) is 88.2 cm³/mol. The molecule has 0 spiro atoms. The number of rotatable bonds is 5. The van der Waals surface area contributed by atoms with Gasteiger partial charge in [-0.25, -0.2) is 0 Å². The fraction of sp³-hybridized carbons (Fsp3) is 0.176. The topological polar surface area (TPSA) is 58.2 Å². The molecule has 114 valence electrons. The summed E-state index contributed by atoms with van der Waals surface area (Å²) in [7, 11) is 1.56. The van der Waals surface area contributed by atoms with Crippen molar-refractivity contribution in [3.05, 3.63) is 64.7 Å². The van der Waals surface area contributed by atoms with Crippen molar-refractivity contribution < 1.29 is 9.59 Å². The van der Waals surface area contributed by atoms with Crippen LogP contribution in [-0.2, 0) is 11.2 Å². The van der Waals surface area contributed by atoms with Crippen LogP contribution in [0.25, 0.3) is 0 Å². The Bertz CT molecular complexity index is 686. The molecule has 0 aliphatic rings. The van der Waals surface area contributed by atoms with Crippen molar-refractivity contribution in [2.75, 3.05) is 12.4 Å². The highest BCUT2D eigenvalue weighted by Gasteiger charge is 2.11. The van der Waals surface area contributed by atoms with Crippen LogP contribution in [0.1, 0.15) is 22.3 Å². The van der Waals surface area contributed by atoms with Gasteiger partial charge in [0.15, 0.2) is 0 Å². The third kappa shape index (κ3) is 4.33. The summed E-state index contributed by atoms with van der Waals surface area (Å²) in [5, 5.41) is 5.99. The highest BCUT2D eigenvalue weighted by Crippen LogP contribution is 2.16. The molecule has 0 radical (unpaired) electrons. The quantitative estimate of drug-likeness (QED) is 0.889. The van der Waals surface area contributed by atoms with Crippen molar-refractivity contribution in [1.29, 1.82) is 0 Å². The number of nitrogens with one attached hydrogen (secondary N) is 2. The van der Waals surface area contributed by atoms with E-state index in [1.165, 1.54) is 0 Å². The number of anilines is 1. The van der Waals surface area contributed by atoms with Crippen LogP contribution >= 0.6 is 11.6 Å². The molecule has 5 heteroatoms. The smallest absolute Gasteiger partial charge is 0.253 e. The number of benzene rings is 2. The van der Waals surface area contributed by atoms with Gasteiger partial charge in [-0.05, 0) is 36.2 Å². The minimum Gasteiger partial charge on any atom is -0.355 e. The van der Waals surface area contributed by atoms with Gasteiger partial charge in [0.05, 0.1) is 11.3 Å². The fourth-order valence-electron chi connectivity index (χ4n) is 2.09. The maximum Gasteiger partial charge on any atom is 0.253 e. The monoisotopic (exact) mass is 316 g/mol. The third-order valence-electron chi connectivity index (χ3n) is 3.20. The predicted octanol–water partition coefficient (Wildman–Crippen LogP) is 3.27. The van der Waals surface area contributed by atoms with Crippen LogP contribution in [0.15, 0.2) is 48.5 Å². The van der Waals surface area contributed by atoms with Crippen LogP contribution in [0.4, 0.5) is 5.69 Å². The second-order valence-corrected chi connectivity index (χ2v) is 5.24. The second-order valence-electron chi connectivity index (χ2n) is 4.80. The zero-order valence-corrected chi connectivity index (χ0v) is 13.0. The number of para-hydroxylation sites is 1. The van der Waals surface area contributed by atoms with Crippen molar-refractivity contribution in [1.82, 2.24) is 5.32 Å². The average molecular weight is 317 g/mol. The van der Waals surface area contributed by atoms with Gasteiger partial charge in [-0.3, -0.25) is 9.59 Å². The number of amides is 2. The zero-order chi connectivity index (χ0) is 15.9. The molecule has 0 heterocycles. The molecule has 2 N–H and O–H groups in total. The van der Waals surface area contributed by atoms with E-state index in [2.05, 4.69) is 10.6 Å². The van der Waals surface area contributed by atoms with E-state index in [9.17, 15) is 9.59 Å².